The van der Waals surface area contributed by atoms with Crippen molar-refractivity contribution >= 4 is 27.6 Å². The number of aliphatic hydroxyl groups excluding tert-OH is 2. The van der Waals surface area contributed by atoms with E-state index in [1.54, 1.807) is 24.3 Å². The van der Waals surface area contributed by atoms with Gasteiger partial charge in [-0.3, -0.25) is 23.2 Å². The average Bonchev–Trinajstić information content (AvgIpc) is 3.24. The van der Waals surface area contributed by atoms with Gasteiger partial charge in [-0.2, -0.15) is 0 Å². The summed E-state index contributed by atoms with van der Waals surface area (Å²) in [7, 11) is -9.74. The highest BCUT2D eigenvalue weighted by atomic mass is 31.2. The molecular formula is C48H84O14P2. The monoisotopic (exact) mass is 947 g/mol. The Bertz CT molecular complexity index is 1430. The van der Waals surface area contributed by atoms with E-state index in [-0.39, 0.29) is 12.8 Å². The minimum absolute atomic E-state index is 0.0131. The fourth-order valence-corrected chi connectivity index (χ4v) is 7.21. The Hall–Kier alpha value is -2.48. The quantitative estimate of drug-likeness (QED) is 0.0126. The molecule has 0 saturated heterocycles. The highest BCUT2D eigenvalue weighted by Crippen LogP contribution is 2.43. The first-order chi connectivity index (χ1) is 30.6. The van der Waals surface area contributed by atoms with Crippen molar-refractivity contribution in [1.82, 2.24) is 0 Å². The molecule has 4 atom stereocenters. The molecule has 14 nitrogen and oxygen atoms in total. The van der Waals surface area contributed by atoms with Gasteiger partial charge in [0.15, 0.2) is 6.10 Å². The van der Waals surface area contributed by atoms with Crippen LogP contribution in [0.15, 0.2) is 72.9 Å². The zero-order valence-electron chi connectivity index (χ0n) is 39.1. The normalized spacial score (nSPS) is 15.1. The molecule has 0 aliphatic carbocycles. The van der Waals surface area contributed by atoms with Crippen LogP contribution in [0.5, 0.6) is 0 Å². The molecule has 0 bridgehead atoms. The first kappa shape index (κ1) is 61.5. The predicted molar refractivity (Wildman–Crippen MR) is 254 cm³/mol. The van der Waals surface area contributed by atoms with Crippen molar-refractivity contribution in [3.63, 3.8) is 0 Å². The van der Waals surface area contributed by atoms with Crippen LogP contribution in [0.1, 0.15) is 168 Å². The number of hydrogen-bond donors (Lipinski definition) is 5. The van der Waals surface area contributed by atoms with Crippen molar-refractivity contribution in [3.8, 4) is 0 Å². The SMILES string of the molecule is CC/C=C\C/C=C\C/C=C\C/C=C\C=C/C(O)C/C=C\CCC(=O)OC[C@H](COP(=O)(O)OC[C@@H](O)COP(=O)(O)O)OC(=O)CCCCCCCCCCCCCCCCC(C)C. The lowest BCUT2D eigenvalue weighted by molar-refractivity contribution is -0.161. The van der Waals surface area contributed by atoms with Crippen LogP contribution in [0.25, 0.3) is 0 Å². The standard InChI is InChI=1S/C48H84O14P2/c1-4-5-6-7-8-9-10-13-17-20-23-26-30-35-44(49)36-31-28-33-37-47(51)58-41-46(42-61-64(56,57)60-40-45(50)39-59-63(53,54)55)62-48(52)38-32-27-24-21-18-15-12-11-14-16-19-22-25-29-34-43(2)3/h5-6,8-9,13,17,23,26,28,30-31,35,43-46,49-50H,4,7,10-12,14-16,18-22,24-25,27,29,32-34,36-42H2,1-3H3,(H,56,57)(H2,53,54,55)/b6-5-,9-8-,17-13-,26-23-,31-28-,35-30-/t44?,45-,46+/m0/s1. The van der Waals surface area contributed by atoms with E-state index < -0.39 is 72.3 Å². The lowest BCUT2D eigenvalue weighted by atomic mass is 10.0. The van der Waals surface area contributed by atoms with Crippen LogP contribution < -0.4 is 0 Å². The number of phosphoric acid groups is 2. The van der Waals surface area contributed by atoms with E-state index in [0.29, 0.717) is 19.3 Å². The van der Waals surface area contributed by atoms with Gasteiger partial charge in [-0.1, -0.05) is 184 Å². The van der Waals surface area contributed by atoms with Gasteiger partial charge in [0.2, 0.25) is 0 Å². The summed E-state index contributed by atoms with van der Waals surface area (Å²) in [6.07, 6.45) is 42.1. The van der Waals surface area contributed by atoms with E-state index in [1.165, 1.54) is 64.2 Å². The van der Waals surface area contributed by atoms with Gasteiger partial charge >= 0.3 is 27.6 Å². The van der Waals surface area contributed by atoms with Crippen LogP contribution >= 0.6 is 15.6 Å². The highest BCUT2D eigenvalue weighted by Gasteiger charge is 2.28. The average molecular weight is 947 g/mol. The largest absolute Gasteiger partial charge is 0.472 e. The van der Waals surface area contributed by atoms with Crippen LogP contribution in [-0.2, 0) is 41.8 Å². The molecule has 0 aromatic carbocycles. The highest BCUT2D eigenvalue weighted by molar-refractivity contribution is 7.47. The van der Waals surface area contributed by atoms with Gasteiger partial charge in [-0.25, -0.2) is 9.13 Å². The van der Waals surface area contributed by atoms with Crippen LogP contribution in [0.3, 0.4) is 0 Å². The summed E-state index contributed by atoms with van der Waals surface area (Å²) in [5, 5.41) is 20.0. The van der Waals surface area contributed by atoms with Gasteiger partial charge in [-0.15, -0.1) is 0 Å². The van der Waals surface area contributed by atoms with E-state index in [1.807, 2.05) is 12.2 Å². The van der Waals surface area contributed by atoms with Crippen molar-refractivity contribution in [3.05, 3.63) is 72.9 Å². The maximum absolute atomic E-state index is 12.7. The Kier molecular flexibility index (Phi) is 40.3. The number of ether oxygens (including phenoxy) is 2. The summed E-state index contributed by atoms with van der Waals surface area (Å²) < 4.78 is 47.7. The molecule has 0 saturated carbocycles. The topological polar surface area (TPSA) is 216 Å². The maximum Gasteiger partial charge on any atom is 0.472 e. The van der Waals surface area contributed by atoms with Crippen LogP contribution in [0, 0.1) is 5.92 Å². The van der Waals surface area contributed by atoms with Crippen molar-refractivity contribution in [1.29, 1.82) is 0 Å². The molecular weight excluding hydrogens is 862 g/mol. The van der Waals surface area contributed by atoms with Crippen LogP contribution in [0.4, 0.5) is 0 Å². The third-order valence-electron chi connectivity index (χ3n) is 9.62. The zero-order chi connectivity index (χ0) is 47.6. The van der Waals surface area contributed by atoms with Gasteiger partial charge in [0.25, 0.3) is 0 Å². The second-order valence-corrected chi connectivity index (χ2v) is 19.0. The van der Waals surface area contributed by atoms with Gasteiger partial charge in [0.05, 0.1) is 25.9 Å². The number of aliphatic hydroxyl groups is 2. The van der Waals surface area contributed by atoms with E-state index in [0.717, 1.165) is 57.3 Å². The van der Waals surface area contributed by atoms with Crippen LogP contribution in [-0.4, -0.2) is 81.6 Å². The Balaban J connectivity index is 4.66. The van der Waals surface area contributed by atoms with Gasteiger partial charge < -0.3 is 34.4 Å². The third-order valence-corrected chi connectivity index (χ3v) is 11.1. The summed E-state index contributed by atoms with van der Waals surface area (Å²) in [5.74, 6) is -0.414. The minimum Gasteiger partial charge on any atom is -0.462 e. The third kappa shape index (κ3) is 46.1. The van der Waals surface area contributed by atoms with Crippen molar-refractivity contribution in [2.24, 2.45) is 5.92 Å². The second-order valence-electron chi connectivity index (χ2n) is 16.3. The Morgan fingerprint density at radius 1 is 0.562 bits per heavy atom. The molecule has 0 amide bonds. The summed E-state index contributed by atoms with van der Waals surface area (Å²) in [4.78, 5) is 52.8. The Morgan fingerprint density at radius 3 is 1.64 bits per heavy atom. The van der Waals surface area contributed by atoms with Gasteiger partial charge in [-0.05, 0) is 50.9 Å². The molecule has 0 radical (unpaired) electrons. The van der Waals surface area contributed by atoms with E-state index in [2.05, 4.69) is 66.3 Å². The molecule has 0 aromatic rings. The molecule has 5 N–H and O–H groups in total. The molecule has 370 valence electrons. The first-order valence-electron chi connectivity index (χ1n) is 23.6. The maximum atomic E-state index is 12.7. The number of carbonyl (C=O) groups excluding carboxylic acids is 2. The number of allylic oxidation sites excluding steroid dienone is 10. The fraction of sp³-hybridized carbons (Fsp3) is 0.708. The number of carbonyl (C=O) groups is 2. The zero-order valence-corrected chi connectivity index (χ0v) is 40.9. The molecule has 0 aromatic heterocycles. The Labute approximate surface area is 385 Å². The summed E-state index contributed by atoms with van der Waals surface area (Å²) in [6, 6.07) is 0. The van der Waals surface area contributed by atoms with Crippen molar-refractivity contribution < 1.29 is 66.7 Å². The summed E-state index contributed by atoms with van der Waals surface area (Å²) >= 11 is 0. The number of unbranched alkanes of at least 4 members (excludes halogenated alkanes) is 13. The second kappa shape index (κ2) is 41.9. The molecule has 0 spiro atoms. The molecule has 0 rings (SSSR count). The molecule has 64 heavy (non-hydrogen) atoms. The predicted octanol–water partition coefficient (Wildman–Crippen LogP) is 11.4. The number of hydrogen-bond acceptors (Lipinski definition) is 11. The van der Waals surface area contributed by atoms with E-state index in [9.17, 15) is 33.8 Å². The number of rotatable bonds is 43. The van der Waals surface area contributed by atoms with Gasteiger partial charge in [0.1, 0.15) is 12.7 Å². The van der Waals surface area contributed by atoms with Crippen molar-refractivity contribution in [2.45, 2.75) is 187 Å². The van der Waals surface area contributed by atoms with E-state index >= 15 is 0 Å². The van der Waals surface area contributed by atoms with Crippen LogP contribution in [0.2, 0.25) is 0 Å². The van der Waals surface area contributed by atoms with Gasteiger partial charge in [0, 0.05) is 12.8 Å². The number of phosphoric ester groups is 2. The Morgan fingerprint density at radius 2 is 1.08 bits per heavy atom. The fourth-order valence-electron chi connectivity index (χ4n) is 6.05. The molecule has 0 aliphatic heterocycles. The molecule has 0 heterocycles. The number of esters is 2. The molecule has 16 heteroatoms. The lowest BCUT2D eigenvalue weighted by Gasteiger charge is -2.20. The van der Waals surface area contributed by atoms with Crippen molar-refractivity contribution in [2.75, 3.05) is 26.4 Å². The lowest BCUT2D eigenvalue weighted by Crippen LogP contribution is -2.29. The summed E-state index contributed by atoms with van der Waals surface area (Å²) in [5.41, 5.74) is 0. The molecule has 2 unspecified atom stereocenters. The van der Waals surface area contributed by atoms with E-state index in [4.69, 9.17) is 23.8 Å². The minimum atomic E-state index is -4.88. The smallest absolute Gasteiger partial charge is 0.462 e. The first-order valence-corrected chi connectivity index (χ1v) is 26.6. The molecule has 0 fully saturated rings. The summed E-state index contributed by atoms with van der Waals surface area (Å²) in [6.45, 7) is 3.78. The molecule has 0 aliphatic rings.